The highest BCUT2D eigenvalue weighted by molar-refractivity contribution is 5.67. The molecular formula is C22H25N3O2. The Morgan fingerprint density at radius 2 is 1.85 bits per heavy atom. The van der Waals surface area contributed by atoms with E-state index >= 15 is 0 Å². The SMILES string of the molecule is COc1ccc(-c2[nH]ncc2Cc2ccc(N)cc2)cc1OC1CCCC1. The van der Waals surface area contributed by atoms with Gasteiger partial charge >= 0.3 is 0 Å². The lowest BCUT2D eigenvalue weighted by Gasteiger charge is -2.17. The molecule has 0 bridgehead atoms. The lowest BCUT2D eigenvalue weighted by molar-refractivity contribution is 0.201. The largest absolute Gasteiger partial charge is 0.493 e. The number of nitrogen functional groups attached to an aromatic ring is 1. The summed E-state index contributed by atoms with van der Waals surface area (Å²) >= 11 is 0. The van der Waals surface area contributed by atoms with Crippen LogP contribution in [0.1, 0.15) is 36.8 Å². The molecule has 0 spiro atoms. The monoisotopic (exact) mass is 363 g/mol. The number of hydrogen-bond donors (Lipinski definition) is 2. The average Bonchev–Trinajstić information content (AvgIpc) is 3.35. The highest BCUT2D eigenvalue weighted by Gasteiger charge is 2.19. The van der Waals surface area contributed by atoms with Crippen molar-refractivity contribution in [1.82, 2.24) is 10.2 Å². The number of benzene rings is 2. The van der Waals surface area contributed by atoms with Crippen LogP contribution in [0.5, 0.6) is 11.5 Å². The lowest BCUT2D eigenvalue weighted by Crippen LogP contribution is -2.11. The number of nitrogens with zero attached hydrogens (tertiary/aromatic N) is 1. The van der Waals surface area contributed by atoms with Crippen molar-refractivity contribution in [2.75, 3.05) is 12.8 Å². The molecule has 1 aromatic heterocycles. The minimum absolute atomic E-state index is 0.283. The zero-order valence-electron chi connectivity index (χ0n) is 15.6. The summed E-state index contributed by atoms with van der Waals surface area (Å²) in [4.78, 5) is 0. The topological polar surface area (TPSA) is 73.2 Å². The summed E-state index contributed by atoms with van der Waals surface area (Å²) in [6.07, 6.45) is 7.65. The molecule has 1 aliphatic rings. The van der Waals surface area contributed by atoms with E-state index in [0.29, 0.717) is 0 Å². The fourth-order valence-corrected chi connectivity index (χ4v) is 3.66. The lowest BCUT2D eigenvalue weighted by atomic mass is 10.0. The molecule has 0 aliphatic heterocycles. The zero-order valence-corrected chi connectivity index (χ0v) is 15.6. The van der Waals surface area contributed by atoms with Crippen LogP contribution in [0.4, 0.5) is 5.69 Å². The average molecular weight is 363 g/mol. The summed E-state index contributed by atoms with van der Waals surface area (Å²) in [6.45, 7) is 0. The molecule has 1 saturated carbocycles. The molecule has 0 amide bonds. The number of hydrogen-bond acceptors (Lipinski definition) is 4. The summed E-state index contributed by atoms with van der Waals surface area (Å²) in [7, 11) is 1.68. The van der Waals surface area contributed by atoms with Crippen molar-refractivity contribution < 1.29 is 9.47 Å². The van der Waals surface area contributed by atoms with Gasteiger partial charge in [0.1, 0.15) is 0 Å². The van der Waals surface area contributed by atoms with Crippen molar-refractivity contribution in [2.45, 2.75) is 38.2 Å². The van der Waals surface area contributed by atoms with E-state index < -0.39 is 0 Å². The standard InChI is InChI=1S/C22H25N3O2/c1-26-20-11-8-16(13-21(20)27-19-4-2-3-5-19)22-17(14-24-25-22)12-15-6-9-18(23)10-7-15/h6-11,13-14,19H,2-5,12,23H2,1H3,(H,24,25). The van der Waals surface area contributed by atoms with Crippen molar-refractivity contribution in [3.05, 3.63) is 59.8 Å². The Morgan fingerprint density at radius 1 is 1.07 bits per heavy atom. The summed E-state index contributed by atoms with van der Waals surface area (Å²) < 4.78 is 11.7. The van der Waals surface area contributed by atoms with Crippen LogP contribution >= 0.6 is 0 Å². The number of rotatable bonds is 6. The van der Waals surface area contributed by atoms with Crippen LogP contribution in [0.15, 0.2) is 48.7 Å². The predicted molar refractivity (Wildman–Crippen MR) is 107 cm³/mol. The third kappa shape index (κ3) is 3.92. The highest BCUT2D eigenvalue weighted by Crippen LogP contribution is 2.36. The number of aromatic amines is 1. The van der Waals surface area contributed by atoms with E-state index in [9.17, 15) is 0 Å². The normalized spacial score (nSPS) is 14.4. The molecule has 27 heavy (non-hydrogen) atoms. The first-order valence-corrected chi connectivity index (χ1v) is 9.44. The summed E-state index contributed by atoms with van der Waals surface area (Å²) in [5.41, 5.74) is 10.9. The van der Waals surface area contributed by atoms with Crippen molar-refractivity contribution >= 4 is 5.69 Å². The Balaban J connectivity index is 1.61. The van der Waals surface area contributed by atoms with E-state index in [1.807, 2.05) is 30.5 Å². The van der Waals surface area contributed by atoms with E-state index in [1.165, 1.54) is 18.4 Å². The van der Waals surface area contributed by atoms with Gasteiger partial charge in [-0.05, 0) is 61.6 Å². The van der Waals surface area contributed by atoms with Gasteiger partial charge in [0.05, 0.1) is 25.1 Å². The first kappa shape index (κ1) is 17.5. The third-order valence-corrected chi connectivity index (χ3v) is 5.14. The number of H-pyrrole nitrogens is 1. The highest BCUT2D eigenvalue weighted by atomic mass is 16.5. The van der Waals surface area contributed by atoms with Crippen LogP contribution in [0, 0.1) is 0 Å². The van der Waals surface area contributed by atoms with Gasteiger partial charge in [-0.15, -0.1) is 0 Å². The molecule has 1 heterocycles. The van der Waals surface area contributed by atoms with Gasteiger partial charge < -0.3 is 15.2 Å². The third-order valence-electron chi connectivity index (χ3n) is 5.14. The molecular weight excluding hydrogens is 338 g/mol. The number of nitrogens with one attached hydrogen (secondary N) is 1. The van der Waals surface area contributed by atoms with E-state index in [-0.39, 0.29) is 6.10 Å². The summed E-state index contributed by atoms with van der Waals surface area (Å²) in [5, 5.41) is 7.41. The predicted octanol–water partition coefficient (Wildman–Crippen LogP) is 4.58. The smallest absolute Gasteiger partial charge is 0.162 e. The fraction of sp³-hybridized carbons (Fsp3) is 0.318. The summed E-state index contributed by atoms with van der Waals surface area (Å²) in [5.74, 6) is 1.57. The molecule has 140 valence electrons. The second-order valence-corrected chi connectivity index (χ2v) is 7.08. The maximum absolute atomic E-state index is 6.23. The number of anilines is 1. The number of nitrogens with two attached hydrogens (primary N) is 1. The van der Waals surface area contributed by atoms with E-state index in [2.05, 4.69) is 28.4 Å². The molecule has 0 saturated heterocycles. The molecule has 5 nitrogen and oxygen atoms in total. The van der Waals surface area contributed by atoms with E-state index in [0.717, 1.165) is 53.3 Å². The number of methoxy groups -OCH3 is 1. The van der Waals surface area contributed by atoms with Gasteiger partial charge in [-0.1, -0.05) is 12.1 Å². The molecule has 2 aromatic carbocycles. The Morgan fingerprint density at radius 3 is 2.59 bits per heavy atom. The molecule has 3 N–H and O–H groups in total. The number of ether oxygens (including phenoxy) is 2. The van der Waals surface area contributed by atoms with Gasteiger partial charge in [0.25, 0.3) is 0 Å². The van der Waals surface area contributed by atoms with Gasteiger partial charge in [0.15, 0.2) is 11.5 Å². The maximum Gasteiger partial charge on any atom is 0.162 e. The van der Waals surface area contributed by atoms with Gasteiger partial charge in [0, 0.05) is 23.2 Å². The molecule has 1 aliphatic carbocycles. The van der Waals surface area contributed by atoms with Crippen LogP contribution in [0.2, 0.25) is 0 Å². The first-order chi connectivity index (χ1) is 13.2. The Kier molecular flexibility index (Phi) is 5.01. The van der Waals surface area contributed by atoms with Gasteiger partial charge in [-0.3, -0.25) is 5.10 Å². The second-order valence-electron chi connectivity index (χ2n) is 7.08. The first-order valence-electron chi connectivity index (χ1n) is 9.44. The Hall–Kier alpha value is -2.95. The van der Waals surface area contributed by atoms with Crippen LogP contribution in [-0.4, -0.2) is 23.4 Å². The minimum Gasteiger partial charge on any atom is -0.493 e. The minimum atomic E-state index is 0.283. The fourth-order valence-electron chi connectivity index (χ4n) is 3.66. The van der Waals surface area contributed by atoms with Crippen molar-refractivity contribution in [3.63, 3.8) is 0 Å². The molecule has 1 fully saturated rings. The quantitative estimate of drug-likeness (QED) is 0.629. The van der Waals surface area contributed by atoms with Crippen molar-refractivity contribution in [1.29, 1.82) is 0 Å². The van der Waals surface area contributed by atoms with E-state index in [1.54, 1.807) is 7.11 Å². The molecule has 0 unspecified atom stereocenters. The van der Waals surface area contributed by atoms with Gasteiger partial charge in [-0.2, -0.15) is 5.10 Å². The second kappa shape index (κ2) is 7.74. The summed E-state index contributed by atoms with van der Waals surface area (Å²) in [6, 6.07) is 14.0. The van der Waals surface area contributed by atoms with Crippen LogP contribution in [0.3, 0.4) is 0 Å². The van der Waals surface area contributed by atoms with Gasteiger partial charge in [-0.25, -0.2) is 0 Å². The Bertz CT molecular complexity index is 896. The van der Waals surface area contributed by atoms with Crippen LogP contribution in [0.25, 0.3) is 11.3 Å². The number of aromatic nitrogens is 2. The van der Waals surface area contributed by atoms with Crippen LogP contribution < -0.4 is 15.2 Å². The van der Waals surface area contributed by atoms with Crippen molar-refractivity contribution in [3.8, 4) is 22.8 Å². The molecule has 5 heteroatoms. The van der Waals surface area contributed by atoms with Gasteiger partial charge in [0.2, 0.25) is 0 Å². The zero-order chi connectivity index (χ0) is 18.6. The van der Waals surface area contributed by atoms with Crippen LogP contribution in [-0.2, 0) is 6.42 Å². The Labute approximate surface area is 159 Å². The molecule has 0 atom stereocenters. The maximum atomic E-state index is 6.23. The molecule has 4 rings (SSSR count). The van der Waals surface area contributed by atoms with E-state index in [4.69, 9.17) is 15.2 Å². The van der Waals surface area contributed by atoms with Crippen molar-refractivity contribution in [2.24, 2.45) is 0 Å². The molecule has 0 radical (unpaired) electrons. The molecule has 3 aromatic rings.